The summed E-state index contributed by atoms with van der Waals surface area (Å²) in [4.78, 5) is 11.7. The molecule has 2 rings (SSSR count). The molecule has 2 aromatic carbocycles. The number of amides is 1. The van der Waals surface area contributed by atoms with Gasteiger partial charge in [0.1, 0.15) is 0 Å². The maximum Gasteiger partial charge on any atom is 0.259 e. The van der Waals surface area contributed by atoms with Crippen LogP contribution in [0.3, 0.4) is 0 Å². The Hall–Kier alpha value is -1.31. The Morgan fingerprint density at radius 3 is 2.59 bits per heavy atom. The highest BCUT2D eigenvalue weighted by Crippen LogP contribution is 2.19. The van der Waals surface area contributed by atoms with Gasteiger partial charge in [-0.1, -0.05) is 29.3 Å². The molecule has 22 heavy (non-hydrogen) atoms. The fourth-order valence-corrected chi connectivity index (χ4v) is 2.39. The number of benzene rings is 2. The topological polar surface area (TPSA) is 53.5 Å². The molecule has 2 N–H and O–H groups in total. The average molecular weight is 448 g/mol. The van der Waals surface area contributed by atoms with E-state index in [4.69, 9.17) is 23.2 Å². The van der Waals surface area contributed by atoms with Crippen molar-refractivity contribution in [1.29, 1.82) is 0 Å². The number of hydrogen-bond donors (Lipinski definition) is 2. The van der Waals surface area contributed by atoms with Gasteiger partial charge in [0.2, 0.25) is 0 Å². The van der Waals surface area contributed by atoms with Gasteiger partial charge in [0.15, 0.2) is 0 Å². The molecule has 0 aliphatic carbocycles. The molecule has 0 aromatic heterocycles. The summed E-state index contributed by atoms with van der Waals surface area (Å²) in [6.45, 7) is 0.131. The number of nitrogens with zero attached hydrogens (tertiary/aromatic N) is 1. The molecule has 1 amide bonds. The summed E-state index contributed by atoms with van der Waals surface area (Å²) in [5.41, 5.74) is 3.98. The zero-order valence-electron chi connectivity index (χ0n) is 11.3. The summed E-state index contributed by atoms with van der Waals surface area (Å²) in [5, 5.41) is 7.90. The van der Waals surface area contributed by atoms with E-state index in [1.807, 2.05) is 24.3 Å². The SMILES string of the molecule is O=C(CNc1ccc(I)cc1)N/N=C/c1ccc(Cl)cc1Cl. The van der Waals surface area contributed by atoms with Crippen LogP contribution in [0.25, 0.3) is 0 Å². The number of hydrogen-bond acceptors (Lipinski definition) is 3. The summed E-state index contributed by atoms with van der Waals surface area (Å²) in [6, 6.07) is 12.8. The van der Waals surface area contributed by atoms with E-state index in [0.717, 1.165) is 9.26 Å². The molecule has 0 aliphatic rings. The molecule has 0 atom stereocenters. The van der Waals surface area contributed by atoms with Crippen molar-refractivity contribution in [3.8, 4) is 0 Å². The lowest BCUT2D eigenvalue weighted by atomic mass is 10.2. The highest BCUT2D eigenvalue weighted by atomic mass is 127. The molecule has 0 fully saturated rings. The van der Waals surface area contributed by atoms with Crippen LogP contribution in [0.1, 0.15) is 5.56 Å². The van der Waals surface area contributed by atoms with E-state index in [9.17, 15) is 4.79 Å². The van der Waals surface area contributed by atoms with E-state index >= 15 is 0 Å². The molecule has 0 bridgehead atoms. The van der Waals surface area contributed by atoms with Crippen molar-refractivity contribution in [2.24, 2.45) is 5.10 Å². The molecule has 4 nitrogen and oxygen atoms in total. The fourth-order valence-electron chi connectivity index (χ4n) is 1.57. The minimum Gasteiger partial charge on any atom is -0.376 e. The molecule has 0 radical (unpaired) electrons. The van der Waals surface area contributed by atoms with Crippen molar-refractivity contribution in [3.05, 3.63) is 61.6 Å². The lowest BCUT2D eigenvalue weighted by Gasteiger charge is -2.05. The van der Waals surface area contributed by atoms with Crippen LogP contribution in [0.4, 0.5) is 5.69 Å². The third kappa shape index (κ3) is 5.47. The zero-order valence-corrected chi connectivity index (χ0v) is 15.0. The van der Waals surface area contributed by atoms with Crippen LogP contribution in [0.2, 0.25) is 10.0 Å². The van der Waals surface area contributed by atoms with E-state index < -0.39 is 0 Å². The van der Waals surface area contributed by atoms with Gasteiger partial charge in [0, 0.05) is 19.8 Å². The van der Waals surface area contributed by atoms with Crippen LogP contribution in [-0.4, -0.2) is 18.7 Å². The second kappa shape index (κ2) is 8.36. The van der Waals surface area contributed by atoms with Gasteiger partial charge >= 0.3 is 0 Å². The Balaban J connectivity index is 1.82. The highest BCUT2D eigenvalue weighted by Gasteiger charge is 2.01. The van der Waals surface area contributed by atoms with Gasteiger partial charge < -0.3 is 5.32 Å². The van der Waals surface area contributed by atoms with Gasteiger partial charge in [-0.25, -0.2) is 5.43 Å². The van der Waals surface area contributed by atoms with Gasteiger partial charge in [0.25, 0.3) is 5.91 Å². The summed E-state index contributed by atoms with van der Waals surface area (Å²) in [7, 11) is 0. The number of nitrogens with one attached hydrogen (secondary N) is 2. The van der Waals surface area contributed by atoms with Gasteiger partial charge in [0.05, 0.1) is 17.8 Å². The van der Waals surface area contributed by atoms with Crippen LogP contribution < -0.4 is 10.7 Å². The Labute approximate surface area is 152 Å². The third-order valence-corrected chi connectivity index (χ3v) is 3.93. The summed E-state index contributed by atoms with van der Waals surface area (Å²) in [5.74, 6) is -0.250. The largest absolute Gasteiger partial charge is 0.376 e. The zero-order chi connectivity index (χ0) is 15.9. The molecule has 2 aromatic rings. The number of carbonyl (C=O) groups is 1. The molecule has 7 heteroatoms. The van der Waals surface area contributed by atoms with E-state index in [2.05, 4.69) is 38.4 Å². The minimum atomic E-state index is -0.250. The molecule has 0 spiro atoms. The van der Waals surface area contributed by atoms with Crippen LogP contribution in [0, 0.1) is 3.57 Å². The molecule has 0 heterocycles. The standard InChI is InChI=1S/C15H12Cl2IN3O/c16-11-2-1-10(14(17)7-11)8-20-21-15(22)9-19-13-5-3-12(18)4-6-13/h1-8,19H,9H2,(H,21,22)/b20-8+. The summed E-state index contributed by atoms with van der Waals surface area (Å²) in [6.07, 6.45) is 1.47. The van der Waals surface area contributed by atoms with Crippen molar-refractivity contribution >= 4 is 63.6 Å². The van der Waals surface area contributed by atoms with Crippen LogP contribution in [0.5, 0.6) is 0 Å². The second-order valence-corrected chi connectivity index (χ2v) is 6.41. The molecular weight excluding hydrogens is 436 g/mol. The van der Waals surface area contributed by atoms with Crippen LogP contribution >= 0.6 is 45.8 Å². The van der Waals surface area contributed by atoms with E-state index in [-0.39, 0.29) is 12.5 Å². The normalized spacial score (nSPS) is 10.7. The Bertz CT molecular complexity index is 690. The van der Waals surface area contributed by atoms with Crippen molar-refractivity contribution in [2.75, 3.05) is 11.9 Å². The number of rotatable bonds is 5. The van der Waals surface area contributed by atoms with Crippen molar-refractivity contribution < 1.29 is 4.79 Å². The first-order chi connectivity index (χ1) is 10.5. The summed E-state index contributed by atoms with van der Waals surface area (Å²) < 4.78 is 1.14. The molecule has 0 aliphatic heterocycles. The van der Waals surface area contributed by atoms with Gasteiger partial charge in [-0.3, -0.25) is 4.79 Å². The van der Waals surface area contributed by atoms with Gasteiger partial charge in [-0.15, -0.1) is 0 Å². The predicted octanol–water partition coefficient (Wildman–Crippen LogP) is 4.16. The highest BCUT2D eigenvalue weighted by molar-refractivity contribution is 14.1. The first-order valence-corrected chi connectivity index (χ1v) is 8.14. The third-order valence-electron chi connectivity index (χ3n) is 2.65. The number of anilines is 1. The fraction of sp³-hybridized carbons (Fsp3) is 0.0667. The van der Waals surface area contributed by atoms with Gasteiger partial charge in [-0.05, 0) is 59.0 Å². The lowest BCUT2D eigenvalue weighted by molar-refractivity contribution is -0.119. The van der Waals surface area contributed by atoms with Gasteiger partial charge in [-0.2, -0.15) is 5.10 Å². The van der Waals surface area contributed by atoms with E-state index in [1.54, 1.807) is 18.2 Å². The molecule has 0 unspecified atom stereocenters. The first-order valence-electron chi connectivity index (χ1n) is 6.31. The molecular formula is C15H12Cl2IN3O. The van der Waals surface area contributed by atoms with E-state index in [1.165, 1.54) is 6.21 Å². The van der Waals surface area contributed by atoms with Crippen molar-refractivity contribution in [2.45, 2.75) is 0 Å². The van der Waals surface area contributed by atoms with Crippen LogP contribution in [0.15, 0.2) is 47.6 Å². The summed E-state index contributed by atoms with van der Waals surface area (Å²) >= 11 is 14.0. The lowest BCUT2D eigenvalue weighted by Crippen LogP contribution is -2.25. The smallest absolute Gasteiger partial charge is 0.259 e. The molecule has 0 saturated heterocycles. The monoisotopic (exact) mass is 447 g/mol. The Morgan fingerprint density at radius 1 is 1.18 bits per heavy atom. The maximum atomic E-state index is 11.7. The van der Waals surface area contributed by atoms with E-state index in [0.29, 0.717) is 15.6 Å². The first kappa shape index (κ1) is 17.1. The number of halogens is 3. The molecule has 114 valence electrons. The predicted molar refractivity (Wildman–Crippen MR) is 99.8 cm³/mol. The minimum absolute atomic E-state index is 0.131. The Kier molecular flexibility index (Phi) is 6.48. The molecule has 0 saturated carbocycles. The Morgan fingerprint density at radius 2 is 1.91 bits per heavy atom. The van der Waals surface area contributed by atoms with Crippen molar-refractivity contribution in [1.82, 2.24) is 5.43 Å². The second-order valence-electron chi connectivity index (χ2n) is 4.32. The quantitative estimate of drug-likeness (QED) is 0.410. The number of hydrazone groups is 1. The van der Waals surface area contributed by atoms with Crippen molar-refractivity contribution in [3.63, 3.8) is 0 Å². The maximum absolute atomic E-state index is 11.7. The van der Waals surface area contributed by atoms with Crippen LogP contribution in [-0.2, 0) is 4.79 Å². The average Bonchev–Trinajstić information content (AvgIpc) is 2.49. The number of carbonyl (C=O) groups excluding carboxylic acids is 1.